The molecular formula is C41H28N10O27S6. The largest absolute Gasteiger partial charge is 0.505 e. The third-order valence-electron chi connectivity index (χ3n) is 9.89. The number of nitrogens with two attached hydrogens (primary N) is 1. The van der Waals surface area contributed by atoms with Crippen molar-refractivity contribution in [3.63, 3.8) is 0 Å². The molecule has 0 spiro atoms. The molecule has 0 unspecified atom stereocenters. The van der Waals surface area contributed by atoms with Crippen LogP contribution in [0, 0.1) is 10.1 Å². The molecule has 0 heterocycles. The van der Waals surface area contributed by atoms with Crippen LogP contribution < -0.4 is 15.2 Å². The van der Waals surface area contributed by atoms with Gasteiger partial charge in [0.25, 0.3) is 42.5 Å². The predicted molar refractivity (Wildman–Crippen MR) is 277 cm³/mol. The van der Waals surface area contributed by atoms with E-state index < -0.39 is 138 Å². The number of phenols is 2. The number of anilines is 1. The van der Waals surface area contributed by atoms with Crippen LogP contribution in [0.25, 0.3) is 21.5 Å². The molecule has 0 saturated carbocycles. The summed E-state index contributed by atoms with van der Waals surface area (Å²) in [5, 5.41) is 71.9. The summed E-state index contributed by atoms with van der Waals surface area (Å²) in [4.78, 5) is 29.4. The Morgan fingerprint density at radius 2 is 1.05 bits per heavy atom. The van der Waals surface area contributed by atoms with Crippen molar-refractivity contribution in [1.29, 1.82) is 0 Å². The minimum Gasteiger partial charge on any atom is -0.505 e. The Kier molecular flexibility index (Phi) is 21.9. The van der Waals surface area contributed by atoms with E-state index in [-0.39, 0.29) is 63.0 Å². The minimum atomic E-state index is -5.51. The Labute approximate surface area is 471 Å². The van der Waals surface area contributed by atoms with Crippen LogP contribution in [0.2, 0.25) is 0 Å². The van der Waals surface area contributed by atoms with E-state index in [1.165, 1.54) is 49.6 Å². The van der Waals surface area contributed by atoms with Crippen molar-refractivity contribution in [3.05, 3.63) is 113 Å². The third kappa shape index (κ3) is 17.5. The van der Waals surface area contributed by atoms with Crippen molar-refractivity contribution >= 4 is 153 Å². The average molecular weight is 1290 g/mol. The van der Waals surface area contributed by atoms with Crippen molar-refractivity contribution in [2.24, 2.45) is 40.9 Å². The van der Waals surface area contributed by atoms with Gasteiger partial charge in [0.1, 0.15) is 48.8 Å². The van der Waals surface area contributed by atoms with Crippen LogP contribution in [0.4, 0.5) is 56.9 Å². The van der Waals surface area contributed by atoms with Gasteiger partial charge in [-0.2, -0.15) is 35.5 Å². The lowest BCUT2D eigenvalue weighted by atomic mass is 10.1. The summed E-state index contributed by atoms with van der Waals surface area (Å²) in [5.74, 6) is -3.42. The smallest absolute Gasteiger partial charge is 0.425 e. The summed E-state index contributed by atoms with van der Waals surface area (Å²) in [6.07, 6.45) is 0. The standard InChI is InChI=1S/C41H28N10O18S3.3O3S/c1-68-32-15-22(51(57)58)7-10-26(32)45-46-27-11-9-24-33(70(59,60)61)17-30(36(42)35(24)39(27)54)49-47-28-12-8-23-25(40(28)72(65,66)67)16-34(71(62,63)64)37(38(23)53)50-44-21-5-3-20(4-6-21)43-48-29-14-19(41(55)56)2-13-31(29)69-18-52;3*1-4(2)3/h2-18,53-54H,42H2,1H3,(H,55,56)(H,59,60,61)(H,62,63,64)(H,65,66,67);;;. The summed E-state index contributed by atoms with van der Waals surface area (Å²) in [5.41, 5.74) is 2.44. The number of nitrogen functional groups attached to an aromatic ring is 1. The lowest BCUT2D eigenvalue weighted by molar-refractivity contribution is -0.384. The Morgan fingerprint density at radius 1 is 0.560 bits per heavy atom. The molecule has 0 amide bonds. The van der Waals surface area contributed by atoms with Gasteiger partial charge in [-0.05, 0) is 78.9 Å². The minimum absolute atomic E-state index is 0.0241. The maximum absolute atomic E-state index is 13.0. The molecule has 43 heteroatoms. The first-order valence-electron chi connectivity index (χ1n) is 20.8. The van der Waals surface area contributed by atoms with E-state index in [2.05, 4.69) is 40.9 Å². The fraction of sp³-hybridized carbons (Fsp3) is 0.0244. The van der Waals surface area contributed by atoms with Crippen LogP contribution in [0.3, 0.4) is 0 Å². The number of aromatic carboxylic acids is 1. The van der Waals surface area contributed by atoms with E-state index in [9.17, 15) is 73.9 Å². The molecule has 0 aromatic heterocycles. The molecule has 0 saturated heterocycles. The van der Waals surface area contributed by atoms with Gasteiger partial charge in [-0.25, -0.2) is 4.79 Å². The average Bonchev–Trinajstić information content (AvgIpc) is 2.38. The zero-order valence-corrected chi connectivity index (χ0v) is 45.5. The van der Waals surface area contributed by atoms with Crippen molar-refractivity contribution in [3.8, 4) is 23.0 Å². The molecule has 0 radical (unpaired) electrons. The number of carboxylic acid groups (broad SMARTS) is 1. The molecule has 0 aliphatic heterocycles. The van der Waals surface area contributed by atoms with Crippen LogP contribution in [0.5, 0.6) is 23.0 Å². The van der Waals surface area contributed by atoms with Crippen LogP contribution in [0.15, 0.2) is 153 Å². The number of phenolic OH excluding ortho intramolecular Hbond substituents is 2. The van der Waals surface area contributed by atoms with Gasteiger partial charge in [0.15, 0.2) is 23.0 Å². The van der Waals surface area contributed by atoms with Crippen LogP contribution >= 0.6 is 0 Å². The molecule has 7 aromatic rings. The van der Waals surface area contributed by atoms with Gasteiger partial charge in [-0.1, -0.05) is 6.07 Å². The number of carbonyl (C=O) groups excluding carboxylic acids is 1. The quantitative estimate of drug-likeness (QED) is 0.0135. The first-order valence-corrected chi connectivity index (χ1v) is 28.1. The number of carboxylic acids is 1. The second-order valence-corrected chi connectivity index (χ2v) is 20.3. The summed E-state index contributed by atoms with van der Waals surface area (Å²) < 4.78 is 193. The van der Waals surface area contributed by atoms with Gasteiger partial charge in [0.05, 0.1) is 46.1 Å². The van der Waals surface area contributed by atoms with Crippen molar-refractivity contribution < 1.29 is 116 Å². The van der Waals surface area contributed by atoms with E-state index >= 15 is 0 Å². The molecule has 84 heavy (non-hydrogen) atoms. The molecule has 7 aromatic carbocycles. The number of hydrogen-bond acceptors (Lipinski definition) is 32. The number of nitro groups is 1. The number of ether oxygens (including phenoxy) is 2. The first-order chi connectivity index (χ1) is 39.1. The van der Waals surface area contributed by atoms with Gasteiger partial charge in [-0.15, -0.1) is 68.6 Å². The van der Waals surface area contributed by atoms with E-state index in [0.717, 1.165) is 42.5 Å². The molecular weight excluding hydrogens is 1260 g/mol. The Balaban J connectivity index is 0.00000115. The topological polar surface area (TPSA) is 598 Å². The van der Waals surface area contributed by atoms with E-state index in [4.69, 9.17) is 53.1 Å². The number of non-ortho nitro benzene ring substituents is 1. The molecule has 0 bridgehead atoms. The number of azo groups is 4. The van der Waals surface area contributed by atoms with Crippen LogP contribution in [0.1, 0.15) is 10.4 Å². The van der Waals surface area contributed by atoms with Crippen LogP contribution in [-0.2, 0) is 67.0 Å². The maximum Gasteiger partial charge on any atom is 0.425 e. The van der Waals surface area contributed by atoms with Crippen molar-refractivity contribution in [2.75, 3.05) is 12.8 Å². The number of hydrogen-bond donors (Lipinski definition) is 7. The number of methoxy groups -OCH3 is 1. The Morgan fingerprint density at radius 3 is 1.56 bits per heavy atom. The van der Waals surface area contributed by atoms with E-state index in [1.807, 2.05) is 0 Å². The van der Waals surface area contributed by atoms with Crippen molar-refractivity contribution in [1.82, 2.24) is 0 Å². The summed E-state index contributed by atoms with van der Waals surface area (Å²) in [6, 6.07) is 17.2. The van der Waals surface area contributed by atoms with Crippen LogP contribution in [-0.4, -0.2) is 117 Å². The highest BCUT2D eigenvalue weighted by Gasteiger charge is 2.29. The summed E-state index contributed by atoms with van der Waals surface area (Å²) >= 11 is 0. The SMILES string of the molecule is COc1cc([N+](=O)[O-])ccc1N=Nc1ccc2c(S(=O)(=O)O)cc(N=Nc3ccc4c(O)c(N=Nc5ccc(N=Nc6cc(C(=O)O)ccc6OC=O)cc5)c(S(=O)(=O)O)cc4c3S(=O)(=O)O)c(N)c2c1O.O=S(=O)=O.O=S(=O)=O.O=S(=O)=O. The number of aromatic hydroxyl groups is 2. The number of benzene rings is 7. The predicted octanol–water partition coefficient (Wildman–Crippen LogP) is 6.53. The van der Waals surface area contributed by atoms with Gasteiger partial charge in [-0.3, -0.25) is 28.6 Å². The lowest BCUT2D eigenvalue weighted by Crippen LogP contribution is -2.03. The molecule has 0 atom stereocenters. The van der Waals surface area contributed by atoms with Gasteiger partial charge < -0.3 is 30.5 Å². The number of fused-ring (bicyclic) bond motifs is 2. The Bertz CT molecular complexity index is 4600. The number of carbonyl (C=O) groups is 2. The second kappa shape index (κ2) is 27.8. The van der Waals surface area contributed by atoms with E-state index in [0.29, 0.717) is 12.1 Å². The highest BCUT2D eigenvalue weighted by Crippen LogP contribution is 2.48. The normalized spacial score (nSPS) is 11.5. The van der Waals surface area contributed by atoms with Crippen molar-refractivity contribution in [2.45, 2.75) is 14.7 Å². The van der Waals surface area contributed by atoms with Gasteiger partial charge in [0.2, 0.25) is 0 Å². The lowest BCUT2D eigenvalue weighted by Gasteiger charge is -2.13. The highest BCUT2D eigenvalue weighted by molar-refractivity contribution is 7.86. The zero-order chi connectivity index (χ0) is 63.2. The molecule has 37 nitrogen and oxygen atoms in total. The fourth-order valence-electron chi connectivity index (χ4n) is 6.63. The number of nitro benzene ring substituents is 1. The Hall–Kier alpha value is -10.4. The monoisotopic (exact) mass is 1280 g/mol. The number of nitrogens with zero attached hydrogens (tertiary/aromatic N) is 9. The molecule has 8 N–H and O–H groups in total. The molecule has 0 fully saturated rings. The molecule has 7 rings (SSSR count). The van der Waals surface area contributed by atoms with E-state index in [1.54, 1.807) is 0 Å². The molecule has 440 valence electrons. The second-order valence-electron chi connectivity index (χ2n) is 14.9. The first kappa shape index (κ1) is 66.1. The third-order valence-corrected chi connectivity index (χ3v) is 12.6. The molecule has 0 aliphatic rings. The highest BCUT2D eigenvalue weighted by atomic mass is 32.2. The summed E-state index contributed by atoms with van der Waals surface area (Å²) in [6.45, 7) is 0.0986. The van der Waals surface area contributed by atoms with Gasteiger partial charge >= 0.3 is 37.8 Å². The zero-order valence-electron chi connectivity index (χ0n) is 40.6. The van der Waals surface area contributed by atoms with Gasteiger partial charge in [0, 0.05) is 22.2 Å². The summed E-state index contributed by atoms with van der Waals surface area (Å²) in [7, 11) is -24.3. The maximum atomic E-state index is 13.0. The fourth-order valence-corrected chi connectivity index (χ4v) is 8.81. The molecule has 0 aliphatic carbocycles. The number of rotatable bonds is 16.